The maximum Gasteiger partial charge on any atom is 0.128 e. The number of anilines is 1. The zero-order valence-electron chi connectivity index (χ0n) is 11.7. The summed E-state index contributed by atoms with van der Waals surface area (Å²) in [6.07, 6.45) is 1.73. The molecule has 4 nitrogen and oxygen atoms in total. The van der Waals surface area contributed by atoms with Gasteiger partial charge in [0.2, 0.25) is 0 Å². The number of likely N-dealkylation sites (N-methyl/N-ethyl adjacent to an activating group) is 2. The van der Waals surface area contributed by atoms with Crippen molar-refractivity contribution in [3.63, 3.8) is 0 Å². The van der Waals surface area contributed by atoms with E-state index >= 15 is 0 Å². The molecule has 1 aromatic rings. The number of halogens is 1. The number of pyridine rings is 1. The average Bonchev–Trinajstić information content (AvgIpc) is 2.35. The van der Waals surface area contributed by atoms with Crippen LogP contribution in [-0.4, -0.2) is 50.7 Å². The summed E-state index contributed by atoms with van der Waals surface area (Å²) in [7, 11) is 6.19. The highest BCUT2D eigenvalue weighted by molar-refractivity contribution is 6.31. The molecule has 0 atom stereocenters. The van der Waals surface area contributed by atoms with E-state index in [9.17, 15) is 0 Å². The van der Waals surface area contributed by atoms with E-state index in [2.05, 4.69) is 54.2 Å². The van der Waals surface area contributed by atoms with Gasteiger partial charge in [0.05, 0.1) is 5.02 Å². The first-order valence-electron chi connectivity index (χ1n) is 6.25. The van der Waals surface area contributed by atoms with Gasteiger partial charge in [-0.25, -0.2) is 4.98 Å². The van der Waals surface area contributed by atoms with Gasteiger partial charge in [-0.15, -0.1) is 0 Å². The van der Waals surface area contributed by atoms with Crippen LogP contribution in [0.5, 0.6) is 0 Å². The molecule has 102 valence electrons. The van der Waals surface area contributed by atoms with Gasteiger partial charge in [0.25, 0.3) is 0 Å². The third-order valence-electron chi connectivity index (χ3n) is 2.76. The van der Waals surface area contributed by atoms with Crippen LogP contribution < -0.4 is 10.2 Å². The van der Waals surface area contributed by atoms with Crippen LogP contribution in [-0.2, 0) is 6.54 Å². The van der Waals surface area contributed by atoms with Crippen molar-refractivity contribution in [3.05, 3.63) is 22.8 Å². The number of nitrogens with zero attached hydrogens (tertiary/aromatic N) is 3. The minimum atomic E-state index is 0.723. The normalized spacial score (nSPS) is 11.0. The quantitative estimate of drug-likeness (QED) is 0.819. The molecule has 0 radical (unpaired) electrons. The zero-order chi connectivity index (χ0) is 13.5. The molecule has 0 aromatic carbocycles. The fourth-order valence-corrected chi connectivity index (χ4v) is 1.71. The molecule has 18 heavy (non-hydrogen) atoms. The van der Waals surface area contributed by atoms with Crippen molar-refractivity contribution >= 4 is 17.4 Å². The van der Waals surface area contributed by atoms with Crippen LogP contribution in [0.2, 0.25) is 5.02 Å². The number of aromatic nitrogens is 1. The van der Waals surface area contributed by atoms with Gasteiger partial charge in [-0.2, -0.15) is 0 Å². The largest absolute Gasteiger partial charge is 0.358 e. The molecule has 0 unspecified atom stereocenters. The fourth-order valence-electron chi connectivity index (χ4n) is 1.54. The van der Waals surface area contributed by atoms with Crippen molar-refractivity contribution in [3.8, 4) is 0 Å². The first kappa shape index (κ1) is 15.2. The molecule has 1 heterocycles. The van der Waals surface area contributed by atoms with Crippen LogP contribution >= 0.6 is 11.6 Å². The molecular weight excluding hydrogens is 248 g/mol. The van der Waals surface area contributed by atoms with Crippen LogP contribution in [0.1, 0.15) is 12.5 Å². The SMILES string of the molecule is CCNCc1cc(N(C)CCN(C)C)ncc1Cl. The van der Waals surface area contributed by atoms with Crippen molar-refractivity contribution in [2.24, 2.45) is 0 Å². The van der Waals surface area contributed by atoms with E-state index in [-0.39, 0.29) is 0 Å². The predicted octanol–water partition coefficient (Wildman–Crippen LogP) is 1.84. The Labute approximate surface area is 115 Å². The Morgan fingerprint density at radius 2 is 2.00 bits per heavy atom. The van der Waals surface area contributed by atoms with Crippen molar-refractivity contribution in [2.75, 3.05) is 45.7 Å². The van der Waals surface area contributed by atoms with Gasteiger partial charge in [0, 0.05) is 32.9 Å². The third kappa shape index (κ3) is 4.80. The zero-order valence-corrected chi connectivity index (χ0v) is 12.5. The number of hydrogen-bond acceptors (Lipinski definition) is 4. The van der Waals surface area contributed by atoms with Crippen LogP contribution in [0, 0.1) is 0 Å². The Morgan fingerprint density at radius 3 is 2.61 bits per heavy atom. The lowest BCUT2D eigenvalue weighted by Gasteiger charge is -2.21. The second-order valence-electron chi connectivity index (χ2n) is 4.64. The van der Waals surface area contributed by atoms with Crippen molar-refractivity contribution < 1.29 is 0 Å². The molecule has 0 spiro atoms. The molecular formula is C13H23ClN4. The Hall–Kier alpha value is -0.840. The lowest BCUT2D eigenvalue weighted by molar-refractivity contribution is 0.416. The molecule has 5 heteroatoms. The molecule has 0 aliphatic heterocycles. The van der Waals surface area contributed by atoms with Crippen molar-refractivity contribution in [1.82, 2.24) is 15.2 Å². The lowest BCUT2D eigenvalue weighted by atomic mass is 10.2. The topological polar surface area (TPSA) is 31.4 Å². The average molecular weight is 271 g/mol. The maximum absolute atomic E-state index is 6.13. The molecule has 0 fully saturated rings. The highest BCUT2D eigenvalue weighted by Crippen LogP contribution is 2.19. The molecule has 1 rings (SSSR count). The van der Waals surface area contributed by atoms with Gasteiger partial charge in [-0.1, -0.05) is 18.5 Å². The number of hydrogen-bond donors (Lipinski definition) is 1. The maximum atomic E-state index is 6.13. The van der Waals surface area contributed by atoms with E-state index in [4.69, 9.17) is 11.6 Å². The molecule has 1 aromatic heterocycles. The van der Waals surface area contributed by atoms with E-state index in [0.717, 1.165) is 42.6 Å². The van der Waals surface area contributed by atoms with Crippen LogP contribution in [0.4, 0.5) is 5.82 Å². The highest BCUT2D eigenvalue weighted by atomic mass is 35.5. The van der Waals surface area contributed by atoms with Crippen LogP contribution in [0.15, 0.2) is 12.3 Å². The van der Waals surface area contributed by atoms with E-state index in [1.54, 1.807) is 6.20 Å². The standard InChI is InChI=1S/C13H23ClN4/c1-5-15-9-11-8-13(16-10-12(11)14)18(4)7-6-17(2)3/h8,10,15H,5-7,9H2,1-4H3. The van der Waals surface area contributed by atoms with Crippen LogP contribution in [0.25, 0.3) is 0 Å². The minimum Gasteiger partial charge on any atom is -0.358 e. The first-order valence-corrected chi connectivity index (χ1v) is 6.63. The second kappa shape index (κ2) is 7.56. The van der Waals surface area contributed by atoms with E-state index in [1.165, 1.54) is 0 Å². The van der Waals surface area contributed by atoms with Gasteiger partial charge < -0.3 is 15.1 Å². The van der Waals surface area contributed by atoms with Gasteiger partial charge in [-0.05, 0) is 32.3 Å². The lowest BCUT2D eigenvalue weighted by Crippen LogP contribution is -2.29. The van der Waals surface area contributed by atoms with Gasteiger partial charge >= 0.3 is 0 Å². The minimum absolute atomic E-state index is 0.723. The van der Waals surface area contributed by atoms with E-state index in [1.807, 2.05) is 0 Å². The summed E-state index contributed by atoms with van der Waals surface area (Å²) in [6.45, 7) is 5.75. The molecule has 0 bridgehead atoms. The monoisotopic (exact) mass is 270 g/mol. The third-order valence-corrected chi connectivity index (χ3v) is 3.10. The first-order chi connectivity index (χ1) is 8.54. The van der Waals surface area contributed by atoms with Crippen molar-refractivity contribution in [2.45, 2.75) is 13.5 Å². The molecule has 0 saturated heterocycles. The molecule has 0 aliphatic rings. The number of nitrogens with one attached hydrogen (secondary N) is 1. The van der Waals surface area contributed by atoms with Crippen LogP contribution in [0.3, 0.4) is 0 Å². The molecule has 0 amide bonds. The van der Waals surface area contributed by atoms with E-state index < -0.39 is 0 Å². The predicted molar refractivity (Wildman–Crippen MR) is 78.5 cm³/mol. The van der Waals surface area contributed by atoms with E-state index in [0.29, 0.717) is 0 Å². The highest BCUT2D eigenvalue weighted by Gasteiger charge is 2.07. The Morgan fingerprint density at radius 1 is 1.28 bits per heavy atom. The molecule has 0 saturated carbocycles. The summed E-state index contributed by atoms with van der Waals surface area (Å²) in [5, 5.41) is 4.01. The fraction of sp³-hybridized carbons (Fsp3) is 0.615. The Bertz CT molecular complexity index is 368. The second-order valence-corrected chi connectivity index (χ2v) is 5.05. The summed E-state index contributed by atoms with van der Waals surface area (Å²) in [6, 6.07) is 2.06. The molecule has 0 aliphatic carbocycles. The smallest absolute Gasteiger partial charge is 0.128 e. The Kier molecular flexibility index (Phi) is 6.39. The summed E-state index contributed by atoms with van der Waals surface area (Å²) < 4.78 is 0. The Balaban J connectivity index is 2.70. The number of rotatable bonds is 7. The van der Waals surface area contributed by atoms with Gasteiger partial charge in [0.15, 0.2) is 0 Å². The van der Waals surface area contributed by atoms with Crippen molar-refractivity contribution in [1.29, 1.82) is 0 Å². The summed E-state index contributed by atoms with van der Waals surface area (Å²) in [4.78, 5) is 8.68. The van der Waals surface area contributed by atoms with Gasteiger partial charge in [0.1, 0.15) is 5.82 Å². The summed E-state index contributed by atoms with van der Waals surface area (Å²) >= 11 is 6.13. The molecule has 1 N–H and O–H groups in total. The van der Waals surface area contributed by atoms with Gasteiger partial charge in [-0.3, -0.25) is 0 Å². The summed E-state index contributed by atoms with van der Waals surface area (Å²) in [5.74, 6) is 0.967. The summed E-state index contributed by atoms with van der Waals surface area (Å²) in [5.41, 5.74) is 1.10.